The summed E-state index contributed by atoms with van der Waals surface area (Å²) in [6.45, 7) is 4.83. The lowest BCUT2D eigenvalue weighted by Crippen LogP contribution is -2.27. The van der Waals surface area contributed by atoms with Gasteiger partial charge in [0.1, 0.15) is 5.75 Å². The smallest absolute Gasteiger partial charge is 0.340 e. The molecule has 0 amide bonds. The number of rotatable bonds is 10. The van der Waals surface area contributed by atoms with Crippen LogP contribution in [0.1, 0.15) is 49.9 Å². The molecule has 1 aromatic rings. The highest BCUT2D eigenvalue weighted by molar-refractivity contribution is 5.94. The van der Waals surface area contributed by atoms with Crippen molar-refractivity contribution in [1.82, 2.24) is 0 Å². The van der Waals surface area contributed by atoms with Gasteiger partial charge >= 0.3 is 5.97 Å². The molecule has 5 nitrogen and oxygen atoms in total. The average molecular weight is 320 g/mol. The normalized spacial score (nSPS) is 19.2. The summed E-state index contributed by atoms with van der Waals surface area (Å²) in [6.07, 6.45) is 3.49. The zero-order chi connectivity index (χ0) is 16.7. The Balaban J connectivity index is 1.59. The van der Waals surface area contributed by atoms with Gasteiger partial charge in [-0.1, -0.05) is 0 Å². The van der Waals surface area contributed by atoms with Crippen molar-refractivity contribution in [1.29, 1.82) is 0 Å². The fourth-order valence-electron chi connectivity index (χ4n) is 2.38. The van der Waals surface area contributed by atoms with Crippen molar-refractivity contribution in [2.45, 2.75) is 45.1 Å². The van der Waals surface area contributed by atoms with Gasteiger partial charge in [-0.2, -0.15) is 0 Å². The van der Waals surface area contributed by atoms with Crippen molar-refractivity contribution in [2.24, 2.45) is 0 Å². The number of epoxide rings is 1. The molecule has 1 aromatic carbocycles. The highest BCUT2D eigenvalue weighted by atomic mass is 16.6. The summed E-state index contributed by atoms with van der Waals surface area (Å²) < 4.78 is 15.9. The Kier molecular flexibility index (Phi) is 6.16. The molecule has 0 aliphatic carbocycles. The molecule has 0 spiro atoms. The van der Waals surface area contributed by atoms with E-state index in [1.54, 1.807) is 26.0 Å². The van der Waals surface area contributed by atoms with E-state index >= 15 is 0 Å². The molecule has 1 aliphatic heterocycles. The van der Waals surface area contributed by atoms with Crippen molar-refractivity contribution in [3.05, 3.63) is 29.8 Å². The Labute approximate surface area is 136 Å². The number of Topliss-reactive ketones (excluding diaryl/α,β-unsaturated/α-hetero) is 1. The minimum Gasteiger partial charge on any atom is -0.494 e. The number of esters is 1. The van der Waals surface area contributed by atoms with Gasteiger partial charge in [-0.25, -0.2) is 4.79 Å². The van der Waals surface area contributed by atoms with Crippen LogP contribution in [-0.2, 0) is 14.3 Å². The van der Waals surface area contributed by atoms with E-state index in [4.69, 9.17) is 14.2 Å². The minimum atomic E-state index is -0.667. The number of carbonyl (C=O) groups is 2. The van der Waals surface area contributed by atoms with Gasteiger partial charge < -0.3 is 14.2 Å². The maximum absolute atomic E-state index is 11.7. The van der Waals surface area contributed by atoms with Gasteiger partial charge in [0.15, 0.2) is 11.4 Å². The maximum Gasteiger partial charge on any atom is 0.340 e. The Morgan fingerprint density at radius 1 is 1.17 bits per heavy atom. The van der Waals surface area contributed by atoms with Gasteiger partial charge in [-0.15, -0.1) is 0 Å². The van der Waals surface area contributed by atoms with Crippen LogP contribution in [0.4, 0.5) is 0 Å². The van der Waals surface area contributed by atoms with Gasteiger partial charge in [-0.05, 0) is 63.8 Å². The fourth-order valence-corrected chi connectivity index (χ4v) is 2.38. The van der Waals surface area contributed by atoms with Crippen LogP contribution in [-0.4, -0.2) is 37.2 Å². The Morgan fingerprint density at radius 3 is 2.43 bits per heavy atom. The van der Waals surface area contributed by atoms with E-state index in [0.717, 1.165) is 25.0 Å². The molecule has 1 atom stereocenters. The summed E-state index contributed by atoms with van der Waals surface area (Å²) in [7, 11) is 0. The van der Waals surface area contributed by atoms with Crippen LogP contribution in [0.2, 0.25) is 0 Å². The first-order valence-electron chi connectivity index (χ1n) is 8.12. The molecule has 1 unspecified atom stereocenters. The van der Waals surface area contributed by atoms with E-state index in [2.05, 4.69) is 0 Å². The van der Waals surface area contributed by atoms with Gasteiger partial charge in [0.25, 0.3) is 0 Å². The van der Waals surface area contributed by atoms with Gasteiger partial charge in [0, 0.05) is 5.56 Å². The van der Waals surface area contributed by atoms with Crippen molar-refractivity contribution < 1.29 is 23.8 Å². The summed E-state index contributed by atoms with van der Waals surface area (Å²) in [6, 6.07) is 7.16. The van der Waals surface area contributed by atoms with Crippen LogP contribution in [0.3, 0.4) is 0 Å². The summed E-state index contributed by atoms with van der Waals surface area (Å²) >= 11 is 0. The molecule has 1 aliphatic rings. The third-order valence-electron chi connectivity index (χ3n) is 3.89. The Bertz CT molecular complexity index is 531. The lowest BCUT2D eigenvalue weighted by Gasteiger charge is -2.10. The molecule has 23 heavy (non-hydrogen) atoms. The molecule has 1 saturated heterocycles. The van der Waals surface area contributed by atoms with Crippen molar-refractivity contribution in [2.75, 3.05) is 19.8 Å². The van der Waals surface area contributed by atoms with Gasteiger partial charge in [0.2, 0.25) is 0 Å². The number of carbonyl (C=O) groups excluding carboxylic acids is 2. The standard InChI is InChI=1S/C18H24O5/c1-3-21-17(20)18(13-23-18)11-5-4-6-12-22-16-9-7-15(8-10-16)14(2)19/h7-10H,3-6,11-13H2,1-2H3. The fraction of sp³-hybridized carbons (Fsp3) is 0.556. The number of ketones is 1. The largest absolute Gasteiger partial charge is 0.494 e. The van der Waals surface area contributed by atoms with E-state index in [-0.39, 0.29) is 11.8 Å². The summed E-state index contributed by atoms with van der Waals surface area (Å²) in [4.78, 5) is 22.9. The highest BCUT2D eigenvalue weighted by Crippen LogP contribution is 2.34. The molecular weight excluding hydrogens is 296 g/mol. The van der Waals surface area contributed by atoms with E-state index in [1.807, 2.05) is 12.1 Å². The second-order valence-corrected chi connectivity index (χ2v) is 5.74. The van der Waals surface area contributed by atoms with Crippen molar-refractivity contribution >= 4 is 11.8 Å². The van der Waals surface area contributed by atoms with Crippen molar-refractivity contribution in [3.63, 3.8) is 0 Å². The summed E-state index contributed by atoms with van der Waals surface area (Å²) in [5.74, 6) is 0.583. The van der Waals surface area contributed by atoms with Crippen LogP contribution in [0.5, 0.6) is 5.75 Å². The third kappa shape index (κ3) is 5.06. The lowest BCUT2D eigenvalue weighted by atomic mass is 10.0. The molecule has 126 valence electrons. The molecule has 5 heteroatoms. The zero-order valence-electron chi connectivity index (χ0n) is 13.8. The van der Waals surface area contributed by atoms with Crippen LogP contribution >= 0.6 is 0 Å². The average Bonchev–Trinajstić information content (AvgIpc) is 3.32. The molecule has 1 fully saturated rings. The second-order valence-electron chi connectivity index (χ2n) is 5.74. The number of unbranched alkanes of at least 4 members (excludes halogenated alkanes) is 2. The second kappa shape index (κ2) is 8.11. The first-order chi connectivity index (χ1) is 11.1. The third-order valence-corrected chi connectivity index (χ3v) is 3.89. The van der Waals surface area contributed by atoms with Crippen LogP contribution in [0.15, 0.2) is 24.3 Å². The van der Waals surface area contributed by atoms with Gasteiger partial charge in [-0.3, -0.25) is 4.79 Å². The number of benzene rings is 1. The van der Waals surface area contributed by atoms with E-state index < -0.39 is 5.60 Å². The predicted molar refractivity (Wildman–Crippen MR) is 85.7 cm³/mol. The maximum atomic E-state index is 11.7. The Hall–Kier alpha value is -1.88. The molecule has 0 radical (unpaired) electrons. The molecule has 0 saturated carbocycles. The molecule has 0 aromatic heterocycles. The number of ether oxygens (including phenoxy) is 3. The zero-order valence-corrected chi connectivity index (χ0v) is 13.8. The van der Waals surface area contributed by atoms with E-state index in [9.17, 15) is 9.59 Å². The predicted octanol–water partition coefficient (Wildman–Crippen LogP) is 3.16. The summed E-state index contributed by atoms with van der Waals surface area (Å²) in [5.41, 5.74) is 0.0189. The van der Waals surface area contributed by atoms with E-state index in [0.29, 0.717) is 31.8 Å². The SMILES string of the molecule is CCOC(=O)C1(CCCCCOc2ccc(C(C)=O)cc2)CO1. The first kappa shape index (κ1) is 17.5. The Morgan fingerprint density at radius 2 is 1.87 bits per heavy atom. The van der Waals surface area contributed by atoms with Crippen LogP contribution < -0.4 is 4.74 Å². The molecule has 2 rings (SSSR count). The summed E-state index contributed by atoms with van der Waals surface area (Å²) in [5, 5.41) is 0. The van der Waals surface area contributed by atoms with Crippen LogP contribution in [0.25, 0.3) is 0 Å². The van der Waals surface area contributed by atoms with Crippen molar-refractivity contribution in [3.8, 4) is 5.75 Å². The first-order valence-corrected chi connectivity index (χ1v) is 8.12. The highest BCUT2D eigenvalue weighted by Gasteiger charge is 2.52. The number of hydrogen-bond donors (Lipinski definition) is 0. The molecule has 1 heterocycles. The van der Waals surface area contributed by atoms with E-state index in [1.165, 1.54) is 0 Å². The molecule has 0 bridgehead atoms. The lowest BCUT2D eigenvalue weighted by molar-refractivity contribution is -0.149. The molecule has 0 N–H and O–H groups in total. The minimum absolute atomic E-state index is 0.0503. The topological polar surface area (TPSA) is 65.1 Å². The van der Waals surface area contributed by atoms with Crippen LogP contribution in [0, 0.1) is 0 Å². The quantitative estimate of drug-likeness (QED) is 0.287. The van der Waals surface area contributed by atoms with Gasteiger partial charge in [0.05, 0.1) is 19.8 Å². The monoisotopic (exact) mass is 320 g/mol. The number of hydrogen-bond acceptors (Lipinski definition) is 5. The molecular formula is C18H24O5.